The van der Waals surface area contributed by atoms with Crippen LogP contribution in [0.5, 0.6) is 0 Å². The molecule has 3 rings (SSSR count). The molecule has 0 heterocycles. The summed E-state index contributed by atoms with van der Waals surface area (Å²) in [5.41, 5.74) is 6.75. The van der Waals surface area contributed by atoms with E-state index in [9.17, 15) is 19.2 Å². The van der Waals surface area contributed by atoms with Crippen molar-refractivity contribution in [3.8, 4) is 0 Å². The second-order valence-corrected chi connectivity index (χ2v) is 13.2. The highest BCUT2D eigenvalue weighted by Gasteiger charge is 2.24. The molecule has 0 radical (unpaired) electrons. The summed E-state index contributed by atoms with van der Waals surface area (Å²) >= 11 is 30.9. The number of amides is 1. The van der Waals surface area contributed by atoms with Crippen LogP contribution in [-0.2, 0) is 38.9 Å². The lowest BCUT2D eigenvalue weighted by Crippen LogP contribution is -2.44. The molecule has 0 aromatic heterocycles. The summed E-state index contributed by atoms with van der Waals surface area (Å²) in [5.74, 6) is -2.22. The number of carboxylic acid groups (broad SMARTS) is 2. The van der Waals surface area contributed by atoms with Crippen molar-refractivity contribution in [1.29, 1.82) is 0 Å². The predicted molar refractivity (Wildman–Crippen MR) is 203 cm³/mol. The minimum atomic E-state index is -1.09. The fourth-order valence-corrected chi connectivity index (χ4v) is 3.84. The van der Waals surface area contributed by atoms with Crippen molar-refractivity contribution in [3.63, 3.8) is 0 Å². The molecule has 12 nitrogen and oxygen atoms in total. The van der Waals surface area contributed by atoms with Gasteiger partial charge in [0.05, 0.1) is 6.61 Å². The first-order valence-electron chi connectivity index (χ1n) is 14.9. The van der Waals surface area contributed by atoms with E-state index in [0.717, 1.165) is 16.7 Å². The number of hydrogen-bond acceptors (Lipinski definition) is 9. The Balaban J connectivity index is 0. The van der Waals surface area contributed by atoms with E-state index >= 15 is 0 Å². The SMILES string of the molecule is CC(C)[C@H](N)C(=O)O.CC(C)[C@H](NC(=O)OCc1cccc(Cl)c1)C(=O)O.O=C(Cl)Cl.O=C(Cl)OCc1cccc(Cl)c1.OCc1cccc(Cl)c1. The molecule has 3 aromatic rings. The number of alkyl carbamates (subject to hydrolysis) is 1. The molecule has 0 saturated carbocycles. The van der Waals surface area contributed by atoms with Crippen LogP contribution in [0.2, 0.25) is 15.1 Å². The molecule has 2 atom stereocenters. The van der Waals surface area contributed by atoms with Crippen molar-refractivity contribution < 1.29 is 48.8 Å². The largest absolute Gasteiger partial charge is 0.480 e. The van der Waals surface area contributed by atoms with E-state index in [1.165, 1.54) is 0 Å². The van der Waals surface area contributed by atoms with Gasteiger partial charge in [0.1, 0.15) is 25.3 Å². The number of hydrogen-bond donors (Lipinski definition) is 5. The van der Waals surface area contributed by atoms with Crippen molar-refractivity contribution >= 4 is 97.8 Å². The Morgan fingerprint density at radius 2 is 1.06 bits per heavy atom. The summed E-state index contributed by atoms with van der Waals surface area (Å²) < 4.78 is 8.60. The van der Waals surface area contributed by atoms with Crippen molar-refractivity contribution in [3.05, 3.63) is 105 Å². The molecule has 18 heteroatoms. The number of halogens is 6. The van der Waals surface area contributed by atoms with Crippen LogP contribution >= 0.6 is 69.6 Å². The summed E-state index contributed by atoms with van der Waals surface area (Å²) in [6, 6.07) is 19.4. The second kappa shape index (κ2) is 29.2. The highest BCUT2D eigenvalue weighted by Crippen LogP contribution is 2.13. The zero-order valence-corrected chi connectivity index (χ0v) is 32.9. The molecule has 288 valence electrons. The molecule has 3 aromatic carbocycles. The van der Waals surface area contributed by atoms with Crippen LogP contribution in [0.3, 0.4) is 0 Å². The second-order valence-electron chi connectivity index (χ2n) is 10.7. The van der Waals surface area contributed by atoms with Gasteiger partial charge in [0.15, 0.2) is 0 Å². The average Bonchev–Trinajstić information content (AvgIpc) is 3.05. The van der Waals surface area contributed by atoms with Crippen molar-refractivity contribution in [2.24, 2.45) is 17.6 Å². The van der Waals surface area contributed by atoms with E-state index < -0.39 is 40.2 Å². The number of rotatable bonds is 10. The van der Waals surface area contributed by atoms with Gasteiger partial charge in [0, 0.05) is 26.7 Å². The maximum atomic E-state index is 11.5. The number of aliphatic hydroxyl groups is 1. The minimum absolute atomic E-state index is 0.0208. The Kier molecular flexibility index (Phi) is 28.5. The topological polar surface area (TPSA) is 203 Å². The molecule has 0 aliphatic heterocycles. The van der Waals surface area contributed by atoms with Crippen LogP contribution in [0.15, 0.2) is 72.8 Å². The van der Waals surface area contributed by atoms with E-state index in [0.29, 0.717) is 15.1 Å². The summed E-state index contributed by atoms with van der Waals surface area (Å²) in [5, 5.41) is 29.9. The zero-order chi connectivity index (χ0) is 40.4. The molecule has 0 saturated heterocycles. The summed E-state index contributed by atoms with van der Waals surface area (Å²) in [6.07, 6.45) is -0.763. The first-order valence-corrected chi connectivity index (χ1v) is 17.1. The Labute approximate surface area is 332 Å². The highest BCUT2D eigenvalue weighted by molar-refractivity contribution is 6.93. The van der Waals surface area contributed by atoms with Crippen molar-refractivity contribution in [1.82, 2.24) is 5.32 Å². The average molecular weight is 849 g/mol. The summed E-state index contributed by atoms with van der Waals surface area (Å²) in [7, 11) is 0. The van der Waals surface area contributed by atoms with Crippen LogP contribution in [0.25, 0.3) is 0 Å². The maximum absolute atomic E-state index is 11.5. The Hall–Kier alpha value is -3.33. The first kappa shape index (κ1) is 50.8. The minimum Gasteiger partial charge on any atom is -0.480 e. The molecule has 1 amide bonds. The number of carbonyl (C=O) groups is 5. The molecule has 0 aliphatic rings. The molecular weight excluding hydrogens is 809 g/mol. The van der Waals surface area contributed by atoms with Gasteiger partial charge in [-0.05, 0) is 88.1 Å². The fraction of sp³-hybridized carbons (Fsp3) is 0.324. The molecule has 52 heavy (non-hydrogen) atoms. The normalized spacial score (nSPS) is 10.9. The summed E-state index contributed by atoms with van der Waals surface area (Å²) in [4.78, 5) is 51.6. The lowest BCUT2D eigenvalue weighted by Gasteiger charge is -2.17. The van der Waals surface area contributed by atoms with Gasteiger partial charge in [0.2, 0.25) is 0 Å². The van der Waals surface area contributed by atoms with Gasteiger partial charge in [-0.3, -0.25) is 9.59 Å². The quantitative estimate of drug-likeness (QED) is 0.122. The Morgan fingerprint density at radius 1 is 0.673 bits per heavy atom. The Bertz CT molecular complexity index is 1540. The summed E-state index contributed by atoms with van der Waals surface area (Å²) in [6.45, 7) is 7.21. The number of benzene rings is 3. The van der Waals surface area contributed by atoms with Gasteiger partial charge in [-0.2, -0.15) is 0 Å². The van der Waals surface area contributed by atoms with Crippen molar-refractivity contribution in [2.45, 2.75) is 59.6 Å². The van der Waals surface area contributed by atoms with Crippen LogP contribution in [-0.4, -0.2) is 55.6 Å². The van der Waals surface area contributed by atoms with E-state index in [4.69, 9.17) is 77.0 Å². The molecule has 0 aliphatic carbocycles. The van der Waals surface area contributed by atoms with Crippen LogP contribution in [0, 0.1) is 11.8 Å². The zero-order valence-electron chi connectivity index (χ0n) is 28.4. The molecule has 0 fully saturated rings. The van der Waals surface area contributed by atoms with Gasteiger partial charge in [-0.1, -0.05) is 98.9 Å². The number of aliphatic carboxylic acids is 2. The van der Waals surface area contributed by atoms with E-state index in [1.807, 2.05) is 12.1 Å². The fourth-order valence-electron chi connectivity index (χ4n) is 3.15. The van der Waals surface area contributed by atoms with Crippen molar-refractivity contribution in [2.75, 3.05) is 0 Å². The Morgan fingerprint density at radius 3 is 1.33 bits per heavy atom. The van der Waals surface area contributed by atoms with Gasteiger partial charge in [0.25, 0.3) is 0 Å². The van der Waals surface area contributed by atoms with Crippen LogP contribution in [0.4, 0.5) is 14.4 Å². The van der Waals surface area contributed by atoms with Gasteiger partial charge >= 0.3 is 28.2 Å². The smallest absolute Gasteiger partial charge is 0.408 e. The van der Waals surface area contributed by atoms with Gasteiger partial charge < -0.3 is 35.8 Å². The first-order chi connectivity index (χ1) is 24.2. The molecular formula is C34H40Cl6N2O10. The highest BCUT2D eigenvalue weighted by atomic mass is 35.5. The van der Waals surface area contributed by atoms with E-state index in [2.05, 4.69) is 33.3 Å². The van der Waals surface area contributed by atoms with E-state index in [-0.39, 0.29) is 31.7 Å². The number of carbonyl (C=O) groups excluding carboxylic acids is 3. The molecule has 0 unspecified atom stereocenters. The maximum Gasteiger partial charge on any atom is 0.408 e. The predicted octanol–water partition coefficient (Wildman–Crippen LogP) is 9.36. The molecule has 0 bridgehead atoms. The standard InChI is InChI=1S/C13H16ClNO4.C8H6Cl2O2.C7H7ClO.C5H11NO2.CCl2O/c1-8(2)11(12(16)17)15-13(18)19-7-9-4-3-5-10(14)6-9;9-7-3-1-2-6(4-7)5-12-8(10)11;8-7-3-1-2-6(4-7)5-9;1-3(2)4(6)5(7)8;2-1(3)4/h3-6,8,11H,7H2,1-2H3,(H,15,18)(H,16,17);1-4H,5H2;1-4,9H,5H2;3-4H,6H2,1-2H3,(H,7,8);/t11-;;;4-;/m0..0./s1. The van der Waals surface area contributed by atoms with Gasteiger partial charge in [-0.25, -0.2) is 14.4 Å². The molecule has 6 N–H and O–H groups in total. The lowest BCUT2D eigenvalue weighted by molar-refractivity contribution is -0.141. The molecule has 0 spiro atoms. The number of nitrogens with one attached hydrogen (secondary N) is 1. The monoisotopic (exact) mass is 846 g/mol. The third-order valence-electron chi connectivity index (χ3n) is 5.78. The number of nitrogens with two attached hydrogens (primary N) is 1. The van der Waals surface area contributed by atoms with Crippen LogP contribution < -0.4 is 11.1 Å². The number of ether oxygens (including phenoxy) is 2. The third kappa shape index (κ3) is 28.3. The number of carboxylic acids is 2. The number of aliphatic hydroxyl groups excluding tert-OH is 1. The van der Waals surface area contributed by atoms with E-state index in [1.54, 1.807) is 88.4 Å². The van der Waals surface area contributed by atoms with Gasteiger partial charge in [-0.15, -0.1) is 0 Å². The third-order valence-corrected chi connectivity index (χ3v) is 6.60. The van der Waals surface area contributed by atoms with Crippen LogP contribution in [0.1, 0.15) is 44.4 Å². The lowest BCUT2D eigenvalue weighted by atomic mass is 10.1.